The van der Waals surface area contributed by atoms with Crippen molar-refractivity contribution in [3.05, 3.63) is 0 Å². The maximum absolute atomic E-state index is 12.7. The van der Waals surface area contributed by atoms with Gasteiger partial charge in [-0.15, -0.1) is 0 Å². The van der Waals surface area contributed by atoms with Crippen molar-refractivity contribution in [1.82, 2.24) is 9.62 Å². The van der Waals surface area contributed by atoms with Crippen LogP contribution in [0.4, 0.5) is 0 Å². The second-order valence-electron chi connectivity index (χ2n) is 5.28. The number of piperazine rings is 1. The fraction of sp³-hybridized carbons (Fsp3) is 0.750. The topological polar surface area (TPSA) is 110 Å². The number of imide groups is 1. The molecule has 118 valence electrons. The summed E-state index contributed by atoms with van der Waals surface area (Å²) >= 11 is 0. The van der Waals surface area contributed by atoms with Crippen LogP contribution in [-0.4, -0.2) is 55.5 Å². The standard InChI is InChI=1S/C12H18N2O6S/c1-7-11(16)13-10(15)6-14(7)21(18,19)9-5-3-4-8(9)12(17)20-2/h7-9H,3-6H2,1-2H3,(H,13,15,16). The highest BCUT2D eigenvalue weighted by atomic mass is 32.2. The number of amides is 2. The minimum absolute atomic E-state index is 0.321. The molecule has 2 fully saturated rings. The quantitative estimate of drug-likeness (QED) is 0.528. The summed E-state index contributed by atoms with van der Waals surface area (Å²) in [7, 11) is -2.72. The first-order valence-corrected chi connectivity index (χ1v) is 8.21. The largest absolute Gasteiger partial charge is 0.469 e. The summed E-state index contributed by atoms with van der Waals surface area (Å²) in [4.78, 5) is 34.8. The SMILES string of the molecule is COC(=O)C1CCCC1S(=O)(=O)N1CC(=O)NC(=O)C1C. The molecule has 2 amide bonds. The minimum atomic E-state index is -3.93. The molecule has 2 aliphatic rings. The molecule has 21 heavy (non-hydrogen) atoms. The molecule has 8 nitrogen and oxygen atoms in total. The zero-order valence-corrected chi connectivity index (χ0v) is 12.7. The zero-order chi connectivity index (χ0) is 15.8. The highest BCUT2D eigenvalue weighted by Crippen LogP contribution is 2.34. The predicted octanol–water partition coefficient (Wildman–Crippen LogP) is -0.995. The average Bonchev–Trinajstić information content (AvgIpc) is 2.91. The van der Waals surface area contributed by atoms with Crippen LogP contribution in [0.5, 0.6) is 0 Å². The van der Waals surface area contributed by atoms with E-state index in [2.05, 4.69) is 10.1 Å². The first kappa shape index (κ1) is 15.9. The van der Waals surface area contributed by atoms with Crippen molar-refractivity contribution in [2.24, 2.45) is 5.92 Å². The molecule has 0 radical (unpaired) electrons. The predicted molar refractivity (Wildman–Crippen MR) is 71.4 cm³/mol. The van der Waals surface area contributed by atoms with Crippen LogP contribution in [0.15, 0.2) is 0 Å². The molecular formula is C12H18N2O6S. The Kier molecular flexibility index (Phi) is 4.33. The van der Waals surface area contributed by atoms with Crippen LogP contribution in [0, 0.1) is 5.92 Å². The Labute approximate surface area is 122 Å². The van der Waals surface area contributed by atoms with Gasteiger partial charge in [0.2, 0.25) is 21.8 Å². The Morgan fingerprint density at radius 3 is 2.62 bits per heavy atom. The van der Waals surface area contributed by atoms with Gasteiger partial charge in [0.1, 0.15) is 6.04 Å². The first-order valence-electron chi connectivity index (χ1n) is 6.71. The van der Waals surface area contributed by atoms with Crippen molar-refractivity contribution in [2.75, 3.05) is 13.7 Å². The molecule has 0 spiro atoms. The van der Waals surface area contributed by atoms with E-state index in [-0.39, 0.29) is 0 Å². The zero-order valence-electron chi connectivity index (χ0n) is 11.9. The molecule has 1 saturated carbocycles. The van der Waals surface area contributed by atoms with E-state index >= 15 is 0 Å². The lowest BCUT2D eigenvalue weighted by Crippen LogP contribution is -2.60. The Morgan fingerprint density at radius 2 is 2.00 bits per heavy atom. The summed E-state index contributed by atoms with van der Waals surface area (Å²) in [5, 5.41) is 1.15. The number of carbonyl (C=O) groups excluding carboxylic acids is 3. The summed E-state index contributed by atoms with van der Waals surface area (Å²) in [6.07, 6.45) is 1.34. The van der Waals surface area contributed by atoms with Crippen LogP contribution in [-0.2, 0) is 29.1 Å². The van der Waals surface area contributed by atoms with Crippen molar-refractivity contribution in [3.8, 4) is 0 Å². The van der Waals surface area contributed by atoms with Gasteiger partial charge in [0.05, 0.1) is 24.8 Å². The van der Waals surface area contributed by atoms with Crippen LogP contribution in [0.1, 0.15) is 26.2 Å². The molecule has 1 N–H and O–H groups in total. The molecule has 1 saturated heterocycles. The van der Waals surface area contributed by atoms with Crippen LogP contribution >= 0.6 is 0 Å². The summed E-state index contributed by atoms with van der Waals surface area (Å²) in [5.74, 6) is -2.62. The van der Waals surface area contributed by atoms with Gasteiger partial charge in [0.25, 0.3) is 0 Å². The maximum atomic E-state index is 12.7. The van der Waals surface area contributed by atoms with Crippen molar-refractivity contribution in [1.29, 1.82) is 0 Å². The van der Waals surface area contributed by atoms with Crippen molar-refractivity contribution >= 4 is 27.8 Å². The van der Waals surface area contributed by atoms with Gasteiger partial charge in [-0.3, -0.25) is 19.7 Å². The molecule has 9 heteroatoms. The summed E-state index contributed by atoms with van der Waals surface area (Å²) in [5.41, 5.74) is 0. The van der Waals surface area contributed by atoms with Gasteiger partial charge < -0.3 is 4.74 Å². The highest BCUT2D eigenvalue weighted by Gasteiger charge is 2.48. The lowest BCUT2D eigenvalue weighted by molar-refractivity contribution is -0.145. The summed E-state index contributed by atoms with van der Waals surface area (Å²) < 4.78 is 30.9. The number of hydrogen-bond donors (Lipinski definition) is 1. The molecule has 1 aliphatic heterocycles. The molecule has 3 atom stereocenters. The molecule has 0 aromatic rings. The maximum Gasteiger partial charge on any atom is 0.310 e. The van der Waals surface area contributed by atoms with Crippen molar-refractivity contribution < 1.29 is 27.5 Å². The molecule has 1 aliphatic carbocycles. The van der Waals surface area contributed by atoms with E-state index in [4.69, 9.17) is 0 Å². The number of ether oxygens (including phenoxy) is 1. The van der Waals surface area contributed by atoms with Crippen molar-refractivity contribution in [3.63, 3.8) is 0 Å². The average molecular weight is 318 g/mol. The van der Waals surface area contributed by atoms with Gasteiger partial charge >= 0.3 is 5.97 Å². The molecule has 0 bridgehead atoms. The van der Waals surface area contributed by atoms with Gasteiger partial charge in [-0.05, 0) is 19.8 Å². The molecule has 3 unspecified atom stereocenters. The number of hydrogen-bond acceptors (Lipinski definition) is 6. The summed E-state index contributed by atoms with van der Waals surface area (Å²) in [6, 6.07) is -0.966. The summed E-state index contributed by atoms with van der Waals surface area (Å²) in [6.45, 7) is 1.01. The van der Waals surface area contributed by atoms with E-state index in [0.717, 1.165) is 4.31 Å². The first-order chi connectivity index (χ1) is 9.78. The third-order valence-electron chi connectivity index (χ3n) is 4.04. The number of carbonyl (C=O) groups is 3. The van der Waals surface area contributed by atoms with E-state index in [1.165, 1.54) is 14.0 Å². The van der Waals surface area contributed by atoms with Gasteiger partial charge in [-0.1, -0.05) is 6.42 Å². The van der Waals surface area contributed by atoms with E-state index in [1.807, 2.05) is 0 Å². The van der Waals surface area contributed by atoms with E-state index < -0.39 is 51.6 Å². The van der Waals surface area contributed by atoms with Crippen LogP contribution < -0.4 is 5.32 Å². The van der Waals surface area contributed by atoms with Gasteiger partial charge in [0, 0.05) is 0 Å². The highest BCUT2D eigenvalue weighted by molar-refractivity contribution is 7.89. The molecule has 2 rings (SSSR count). The Morgan fingerprint density at radius 1 is 1.33 bits per heavy atom. The Balaban J connectivity index is 2.30. The van der Waals surface area contributed by atoms with E-state index in [0.29, 0.717) is 19.3 Å². The lowest BCUT2D eigenvalue weighted by atomic mass is 10.1. The Hall–Kier alpha value is -1.48. The van der Waals surface area contributed by atoms with Crippen molar-refractivity contribution in [2.45, 2.75) is 37.5 Å². The minimum Gasteiger partial charge on any atom is -0.469 e. The fourth-order valence-electron chi connectivity index (χ4n) is 2.88. The molecule has 0 aromatic heterocycles. The normalized spacial score (nSPS) is 31.0. The number of nitrogens with one attached hydrogen (secondary N) is 1. The molecule has 1 heterocycles. The molecule has 0 aromatic carbocycles. The number of methoxy groups -OCH3 is 1. The second kappa shape index (κ2) is 5.72. The lowest BCUT2D eigenvalue weighted by Gasteiger charge is -2.33. The molecular weight excluding hydrogens is 300 g/mol. The van der Waals surface area contributed by atoms with Crippen LogP contribution in [0.3, 0.4) is 0 Å². The number of rotatable bonds is 3. The van der Waals surface area contributed by atoms with Gasteiger partial charge in [-0.25, -0.2) is 8.42 Å². The number of nitrogens with zero attached hydrogens (tertiary/aromatic N) is 1. The number of sulfonamides is 1. The third-order valence-corrected chi connectivity index (χ3v) is 6.47. The number of esters is 1. The third kappa shape index (κ3) is 2.80. The van der Waals surface area contributed by atoms with Crippen LogP contribution in [0.25, 0.3) is 0 Å². The van der Waals surface area contributed by atoms with Gasteiger partial charge in [0.15, 0.2) is 0 Å². The smallest absolute Gasteiger partial charge is 0.310 e. The van der Waals surface area contributed by atoms with Gasteiger partial charge in [-0.2, -0.15) is 4.31 Å². The second-order valence-corrected chi connectivity index (χ2v) is 7.38. The van der Waals surface area contributed by atoms with E-state index in [9.17, 15) is 22.8 Å². The monoisotopic (exact) mass is 318 g/mol. The van der Waals surface area contributed by atoms with E-state index in [1.54, 1.807) is 0 Å². The fourth-order valence-corrected chi connectivity index (χ4v) is 5.19. The van der Waals surface area contributed by atoms with Crippen LogP contribution in [0.2, 0.25) is 0 Å². The Bertz CT molecular complexity index is 572.